The van der Waals surface area contributed by atoms with Crippen molar-refractivity contribution in [3.8, 4) is 86.3 Å². The van der Waals surface area contributed by atoms with Gasteiger partial charge < -0.3 is 44.7 Å². The van der Waals surface area contributed by atoms with Gasteiger partial charge in [0.05, 0.1) is 119 Å². The van der Waals surface area contributed by atoms with E-state index in [9.17, 15) is 59.9 Å². The van der Waals surface area contributed by atoms with E-state index in [1.807, 2.05) is 97.8 Å². The summed E-state index contributed by atoms with van der Waals surface area (Å²) in [6.07, 6.45) is 8.63. The standard InChI is InChI=1S/3C33H29Cl4FN6O3/c1-7-21(45)43-16(5)12-42(13-17(43)6)30-18-10-20(34)28(22-23(35)31(46)25(37)24(36)26(22)38)41-32(18)44(33(47)19(30)11-39)29-15(4)8-9-40-27(29)14(2)3;2*1-7-21(45)43-16(5)12-42(13-17(43)6)30-18-10-20(34)28(22-23(35)26(38)25(37)31(46)24(22)36)41-32(18)44(33(47)19(30)11-39)29-15(4)8-9-40-27(29)14(2)3/h3*7-10,14,16-17,46H,1,12-13H2,2-6H3/t3*16-,17+. The van der Waals surface area contributed by atoms with Gasteiger partial charge in [-0.1, -0.05) is 200 Å². The number of pyridine rings is 9. The van der Waals surface area contributed by atoms with Crippen molar-refractivity contribution in [1.82, 2.24) is 58.3 Å². The number of carbonyl (C=O) groups is 3. The van der Waals surface area contributed by atoms with Crippen molar-refractivity contribution in [2.75, 3.05) is 54.0 Å². The van der Waals surface area contributed by atoms with Crippen LogP contribution in [0.25, 0.3) is 83.9 Å². The second-order valence-electron chi connectivity index (χ2n) is 35.1. The first-order chi connectivity index (χ1) is 66.5. The Labute approximate surface area is 867 Å². The van der Waals surface area contributed by atoms with E-state index >= 15 is 13.2 Å². The second-order valence-corrected chi connectivity index (χ2v) is 39.8. The summed E-state index contributed by atoms with van der Waals surface area (Å²) < 4.78 is 49.7. The number of piperazine rings is 3. The van der Waals surface area contributed by atoms with Gasteiger partial charge in [-0.3, -0.25) is 57.4 Å². The highest BCUT2D eigenvalue weighted by atomic mass is 35.5. The Bertz CT molecular complexity index is 6860. The summed E-state index contributed by atoms with van der Waals surface area (Å²) in [6, 6.07) is 14.1. The predicted octanol–water partition coefficient (Wildman–Crippen LogP) is 23.5. The van der Waals surface area contributed by atoms with E-state index in [2.05, 4.69) is 52.9 Å². The quantitative estimate of drug-likeness (QED) is 0.0487. The Morgan fingerprint density at radius 1 is 0.383 bits per heavy atom. The number of nitrogens with zero attached hydrogens (tertiary/aromatic N) is 18. The van der Waals surface area contributed by atoms with Crippen LogP contribution >= 0.6 is 139 Å². The molecule has 12 aromatic rings. The molecule has 6 atom stereocenters. The van der Waals surface area contributed by atoms with E-state index in [4.69, 9.17) is 154 Å². The van der Waals surface area contributed by atoms with Crippen LogP contribution in [-0.2, 0) is 14.4 Å². The fourth-order valence-corrected chi connectivity index (χ4v) is 21.9. The highest BCUT2D eigenvalue weighted by Crippen LogP contribution is 2.54. The minimum Gasteiger partial charge on any atom is -0.505 e. The summed E-state index contributed by atoms with van der Waals surface area (Å²) in [5.74, 6) is -6.71. The van der Waals surface area contributed by atoms with Crippen molar-refractivity contribution in [1.29, 1.82) is 15.8 Å². The van der Waals surface area contributed by atoms with Gasteiger partial charge in [-0.05, 0) is 151 Å². The Balaban J connectivity index is 0.000000178. The SMILES string of the molecule is C=CC(=O)N1[C@H](C)CN(c2c(C#N)c(=O)n(-c3c(C)ccnc3C(C)C)c3nc(-c4c(Cl)c(O)c(Cl)c(F)c4Cl)c(Cl)cc23)C[C@@H]1C.C=CC(=O)N1[C@H](C)CN(c2c(C#N)c(=O)n(-c3c(C)ccnc3C(C)C)c3nc(-c4c(Cl)c(O)c(Cl)c(F)c4Cl)c(Cl)cc23)C[C@@H]1C.C=CC(=O)N1[C@H](C)CN(c2c(C#N)c(=O)n(-c3c(C)ccnc3C(C)C)c3nc(-c4c(F)c(Cl)c(Cl)c(O)c4Cl)c(Cl)cc23)C[C@@H]1C. The first-order valence-corrected chi connectivity index (χ1v) is 48.2. The van der Waals surface area contributed by atoms with Crippen molar-refractivity contribution in [3.05, 3.63) is 252 Å². The third kappa shape index (κ3) is 18.8. The van der Waals surface area contributed by atoms with Gasteiger partial charge in [0.2, 0.25) is 17.7 Å². The van der Waals surface area contributed by atoms with E-state index in [1.54, 1.807) is 72.3 Å². The average Bonchev–Trinajstić information content (AvgIpc) is 0.725. The summed E-state index contributed by atoms with van der Waals surface area (Å²) >= 11 is 76.5. The number of aromatic nitrogens is 9. The average molecular weight is 2160 g/mol. The van der Waals surface area contributed by atoms with Gasteiger partial charge in [0, 0.05) is 121 Å². The molecule has 3 aliphatic rings. The summed E-state index contributed by atoms with van der Waals surface area (Å²) in [5, 5.41) is 59.0. The molecule has 27 nitrogen and oxygen atoms in total. The van der Waals surface area contributed by atoms with Gasteiger partial charge >= 0.3 is 0 Å². The molecule has 3 aliphatic heterocycles. The van der Waals surface area contributed by atoms with Crippen LogP contribution < -0.4 is 31.4 Å². The van der Waals surface area contributed by atoms with Gasteiger partial charge in [0.25, 0.3) is 16.7 Å². The number of anilines is 3. The van der Waals surface area contributed by atoms with Gasteiger partial charge in [0.15, 0.2) is 34.7 Å². The lowest BCUT2D eigenvalue weighted by atomic mass is 10.0. The third-order valence-corrected chi connectivity index (χ3v) is 29.0. The first-order valence-electron chi connectivity index (χ1n) is 43.7. The minimum atomic E-state index is -1.14. The molecule has 0 spiro atoms. The van der Waals surface area contributed by atoms with E-state index in [0.29, 0.717) is 67.0 Å². The van der Waals surface area contributed by atoms with Gasteiger partial charge in [0.1, 0.15) is 66.9 Å². The molecule has 9 aromatic heterocycles. The molecule has 0 unspecified atom stereocenters. The molecule has 0 aliphatic carbocycles. The molecule has 12 heterocycles. The lowest BCUT2D eigenvalue weighted by Gasteiger charge is -2.45. The molecular weight excluding hydrogens is 2070 g/mol. The van der Waals surface area contributed by atoms with Crippen LogP contribution in [-0.4, -0.2) is 167 Å². The normalized spacial score (nSPS) is 16.6. The minimum absolute atomic E-state index is 0.0207. The summed E-state index contributed by atoms with van der Waals surface area (Å²) in [6.45, 7) is 40.5. The number of aromatic hydroxyl groups is 3. The summed E-state index contributed by atoms with van der Waals surface area (Å²) in [4.78, 5) is 120. The zero-order valence-corrected chi connectivity index (χ0v) is 87.1. The van der Waals surface area contributed by atoms with Crippen LogP contribution in [0.3, 0.4) is 0 Å². The van der Waals surface area contributed by atoms with Crippen molar-refractivity contribution < 1.29 is 42.9 Å². The molecule has 0 saturated carbocycles. The Morgan fingerprint density at radius 3 is 0.865 bits per heavy atom. The topological polar surface area (TPSA) is 346 Å². The maximum Gasteiger partial charge on any atom is 0.276 e. The van der Waals surface area contributed by atoms with E-state index in [0.717, 1.165) is 0 Å². The monoisotopic (exact) mass is 2150 g/mol. The number of carbonyl (C=O) groups excluding carboxylic acids is 3. The maximum absolute atomic E-state index is 15.7. The summed E-state index contributed by atoms with van der Waals surface area (Å²) in [7, 11) is 0. The number of nitriles is 3. The van der Waals surface area contributed by atoms with Crippen LogP contribution in [0.5, 0.6) is 17.2 Å². The third-order valence-electron chi connectivity index (χ3n) is 24.8. The number of halogens is 15. The number of hydrogen-bond acceptors (Lipinski definition) is 21. The Kier molecular flexibility index (Phi) is 31.9. The summed E-state index contributed by atoms with van der Waals surface area (Å²) in [5.41, 5.74) is 1.83. The van der Waals surface area contributed by atoms with Gasteiger partial charge in [-0.15, -0.1) is 0 Å². The molecule has 3 N–H and O–H groups in total. The van der Waals surface area contributed by atoms with Gasteiger partial charge in [-0.2, -0.15) is 15.8 Å². The number of hydrogen-bond donors (Lipinski definition) is 3. The molecular formula is C99H87Cl12F3N18O9. The van der Waals surface area contributed by atoms with Crippen LogP contribution in [0.2, 0.25) is 60.3 Å². The molecule has 141 heavy (non-hydrogen) atoms. The lowest BCUT2D eigenvalue weighted by molar-refractivity contribution is -0.131. The second kappa shape index (κ2) is 42.1. The Morgan fingerprint density at radius 2 is 0.624 bits per heavy atom. The van der Waals surface area contributed by atoms with Crippen molar-refractivity contribution in [2.45, 2.75) is 158 Å². The smallest absolute Gasteiger partial charge is 0.276 e. The highest BCUT2D eigenvalue weighted by Gasteiger charge is 2.42. The maximum atomic E-state index is 15.7. The fraction of sp³-hybridized carbons (Fsp3) is 0.303. The van der Waals surface area contributed by atoms with Crippen LogP contribution in [0.15, 0.2) is 107 Å². The molecule has 0 bridgehead atoms. The molecule has 15 rings (SSSR count). The molecule has 0 radical (unpaired) electrons. The van der Waals surface area contributed by atoms with Crippen molar-refractivity contribution in [3.63, 3.8) is 0 Å². The number of benzene rings is 3. The predicted molar refractivity (Wildman–Crippen MR) is 552 cm³/mol. The first kappa shape index (κ1) is 107. The number of amides is 3. The number of phenolic OH excluding ortho intramolecular Hbond substituents is 3. The Hall–Kier alpha value is -11.6. The number of phenols is 3. The van der Waals surface area contributed by atoms with E-state index in [1.165, 1.54) is 50.1 Å². The number of rotatable bonds is 15. The zero-order valence-electron chi connectivity index (χ0n) is 78.0. The largest absolute Gasteiger partial charge is 0.505 e. The lowest BCUT2D eigenvalue weighted by Crippen LogP contribution is -2.58. The highest BCUT2D eigenvalue weighted by molar-refractivity contribution is 6.48. The van der Waals surface area contributed by atoms with Crippen molar-refractivity contribution in [2.24, 2.45) is 0 Å². The van der Waals surface area contributed by atoms with Crippen LogP contribution in [0, 0.1) is 72.2 Å². The molecule has 3 amide bonds. The van der Waals surface area contributed by atoms with Crippen LogP contribution in [0.1, 0.15) is 151 Å². The van der Waals surface area contributed by atoms with E-state index in [-0.39, 0.29) is 205 Å². The fourth-order valence-electron chi connectivity index (χ4n) is 18.7. The van der Waals surface area contributed by atoms with Crippen LogP contribution in [0.4, 0.5) is 30.2 Å². The molecule has 3 aromatic carbocycles. The number of fused-ring (bicyclic) bond motifs is 3. The molecule has 3 saturated heterocycles. The van der Waals surface area contributed by atoms with Crippen molar-refractivity contribution >= 4 is 207 Å². The van der Waals surface area contributed by atoms with Gasteiger partial charge in [-0.25, -0.2) is 28.1 Å². The van der Waals surface area contributed by atoms with E-state index < -0.39 is 102 Å². The zero-order chi connectivity index (χ0) is 104. The molecule has 3 fully saturated rings. The molecule has 42 heteroatoms. The number of aryl methyl sites for hydroxylation is 3. The molecule has 732 valence electrons.